The normalized spacial score (nSPS) is 18.6. The van der Waals surface area contributed by atoms with Crippen LogP contribution >= 0.6 is 11.6 Å². The summed E-state index contributed by atoms with van der Waals surface area (Å²) in [5, 5.41) is 4.67. The molecule has 2 atom stereocenters. The molecule has 11 heteroatoms. The summed E-state index contributed by atoms with van der Waals surface area (Å²) in [6.07, 6.45) is 11.8. The molecule has 3 aromatic carbocycles. The Hall–Kier alpha value is -4.41. The van der Waals surface area contributed by atoms with Crippen molar-refractivity contribution in [3.05, 3.63) is 108 Å². The van der Waals surface area contributed by atoms with Gasteiger partial charge in [-0.3, -0.25) is 0 Å². The molecule has 1 aliphatic heterocycles. The van der Waals surface area contributed by atoms with Gasteiger partial charge in [-0.1, -0.05) is 104 Å². The summed E-state index contributed by atoms with van der Waals surface area (Å²) < 4.78 is 34.2. The minimum Gasteiger partial charge on any atom is -0.445 e. The molecule has 7 rings (SSSR count). The van der Waals surface area contributed by atoms with E-state index >= 15 is 0 Å². The van der Waals surface area contributed by atoms with Crippen LogP contribution < -0.4 is 5.32 Å². The van der Waals surface area contributed by atoms with E-state index in [-0.39, 0.29) is 17.0 Å². The van der Waals surface area contributed by atoms with Crippen LogP contribution in [0.3, 0.4) is 0 Å². The Labute approximate surface area is 298 Å². The first-order valence-electron chi connectivity index (χ1n) is 17.5. The summed E-state index contributed by atoms with van der Waals surface area (Å²) in [7, 11) is -3.85. The van der Waals surface area contributed by atoms with Crippen LogP contribution in [0.2, 0.25) is 5.02 Å². The van der Waals surface area contributed by atoms with E-state index in [1.54, 1.807) is 48.8 Å². The highest BCUT2D eigenvalue weighted by Gasteiger charge is 2.28. The first-order chi connectivity index (χ1) is 24.3. The number of carbonyl (C=O) groups is 1. The second-order valence-corrected chi connectivity index (χ2v) is 15.7. The number of nitrogens with zero attached hydrogens (tertiary/aromatic N) is 4. The molecule has 260 valence electrons. The largest absolute Gasteiger partial charge is 0.445 e. The van der Waals surface area contributed by atoms with E-state index in [1.165, 1.54) is 23.2 Å². The molecule has 0 radical (unpaired) electrons. The highest BCUT2D eigenvalue weighted by Crippen LogP contribution is 2.37. The maximum Gasteiger partial charge on any atom is 0.410 e. The zero-order chi connectivity index (χ0) is 34.5. The highest BCUT2D eigenvalue weighted by molar-refractivity contribution is 7.90. The fourth-order valence-corrected chi connectivity index (χ4v) is 9.01. The topological polar surface area (TPSA) is 106 Å². The van der Waals surface area contributed by atoms with Gasteiger partial charge < -0.3 is 15.0 Å². The molecule has 1 unspecified atom stereocenters. The third kappa shape index (κ3) is 7.66. The summed E-state index contributed by atoms with van der Waals surface area (Å²) in [5.41, 5.74) is 2.68. The van der Waals surface area contributed by atoms with Crippen LogP contribution in [0, 0.1) is 11.8 Å². The number of likely N-dealkylation sites (tertiary alicyclic amines) is 1. The van der Waals surface area contributed by atoms with Crippen molar-refractivity contribution in [3.8, 4) is 11.3 Å². The molecule has 1 amide bonds. The van der Waals surface area contributed by atoms with Crippen molar-refractivity contribution in [2.75, 3.05) is 18.4 Å². The van der Waals surface area contributed by atoms with E-state index in [2.05, 4.69) is 10.3 Å². The van der Waals surface area contributed by atoms with Crippen molar-refractivity contribution < 1.29 is 17.9 Å². The monoisotopic (exact) mass is 711 g/mol. The second kappa shape index (κ2) is 15.2. The predicted octanol–water partition coefficient (Wildman–Crippen LogP) is 8.79. The van der Waals surface area contributed by atoms with Gasteiger partial charge >= 0.3 is 6.09 Å². The Morgan fingerprint density at radius 3 is 2.36 bits per heavy atom. The number of hydrogen-bond acceptors (Lipinski definition) is 7. The van der Waals surface area contributed by atoms with Crippen LogP contribution in [0.25, 0.3) is 22.2 Å². The van der Waals surface area contributed by atoms with Gasteiger partial charge in [0.1, 0.15) is 6.61 Å². The average Bonchev–Trinajstić information content (AvgIpc) is 3.55. The number of nitrogens with one attached hydrogen (secondary N) is 1. The molecule has 5 aromatic rings. The first-order valence-corrected chi connectivity index (χ1v) is 19.3. The summed E-state index contributed by atoms with van der Waals surface area (Å²) in [6.45, 7) is 1.81. The van der Waals surface area contributed by atoms with Crippen molar-refractivity contribution in [2.24, 2.45) is 11.8 Å². The molecule has 1 saturated heterocycles. The minimum atomic E-state index is -3.85. The summed E-state index contributed by atoms with van der Waals surface area (Å²) >= 11 is 6.68. The number of piperidine rings is 1. The minimum absolute atomic E-state index is 0.208. The number of para-hydroxylation sites is 1. The van der Waals surface area contributed by atoms with Gasteiger partial charge in [0.25, 0.3) is 10.0 Å². The molecule has 2 aliphatic rings. The first kappa shape index (κ1) is 34.1. The lowest BCUT2D eigenvalue weighted by atomic mass is 9.80. The number of carbonyl (C=O) groups excluding carboxylic acids is 1. The number of fused-ring (bicyclic) bond motifs is 1. The van der Waals surface area contributed by atoms with Gasteiger partial charge in [0.05, 0.1) is 27.3 Å². The van der Waals surface area contributed by atoms with Crippen molar-refractivity contribution in [1.82, 2.24) is 18.8 Å². The zero-order valence-corrected chi connectivity index (χ0v) is 29.5. The van der Waals surface area contributed by atoms with Crippen LogP contribution in [0.4, 0.5) is 10.7 Å². The van der Waals surface area contributed by atoms with Gasteiger partial charge in [-0.2, -0.15) is 0 Å². The van der Waals surface area contributed by atoms with Crippen LogP contribution in [-0.4, -0.2) is 52.5 Å². The van der Waals surface area contributed by atoms with E-state index in [1.807, 2.05) is 53.4 Å². The molecular weight excluding hydrogens is 670 g/mol. The molecule has 1 saturated carbocycles. The molecule has 2 fully saturated rings. The Morgan fingerprint density at radius 1 is 0.880 bits per heavy atom. The number of hydrogen-bond donors (Lipinski definition) is 1. The number of benzene rings is 3. The summed E-state index contributed by atoms with van der Waals surface area (Å²) in [6, 6.07) is 25.8. The van der Waals surface area contributed by atoms with Gasteiger partial charge in [-0.25, -0.2) is 27.2 Å². The van der Waals surface area contributed by atoms with Crippen molar-refractivity contribution in [3.63, 3.8) is 0 Å². The Kier molecular flexibility index (Phi) is 10.4. The fourth-order valence-electron chi connectivity index (χ4n) is 7.42. The summed E-state index contributed by atoms with van der Waals surface area (Å²) in [4.78, 5) is 24.0. The van der Waals surface area contributed by atoms with Gasteiger partial charge in [-0.15, -0.1) is 0 Å². The molecule has 2 aromatic heterocycles. The average molecular weight is 712 g/mol. The lowest BCUT2D eigenvalue weighted by Crippen LogP contribution is -2.39. The van der Waals surface area contributed by atoms with Crippen molar-refractivity contribution in [1.29, 1.82) is 0 Å². The predicted molar refractivity (Wildman–Crippen MR) is 197 cm³/mol. The van der Waals surface area contributed by atoms with Crippen LogP contribution in [0.1, 0.15) is 56.9 Å². The zero-order valence-electron chi connectivity index (χ0n) is 28.0. The Bertz CT molecular complexity index is 2030. The third-order valence-corrected chi connectivity index (χ3v) is 12.1. The summed E-state index contributed by atoms with van der Waals surface area (Å²) in [5.74, 6) is 1.73. The van der Waals surface area contributed by atoms with E-state index in [0.717, 1.165) is 56.1 Å². The Morgan fingerprint density at radius 2 is 1.58 bits per heavy atom. The number of anilines is 1. The number of rotatable bonds is 10. The number of aromatic nitrogens is 3. The highest BCUT2D eigenvalue weighted by atomic mass is 35.5. The molecule has 9 nitrogen and oxygen atoms in total. The van der Waals surface area contributed by atoms with Crippen molar-refractivity contribution in [2.45, 2.75) is 68.9 Å². The van der Waals surface area contributed by atoms with Crippen LogP contribution in [0.15, 0.2) is 102 Å². The van der Waals surface area contributed by atoms with E-state index < -0.39 is 10.0 Å². The lowest BCUT2D eigenvalue weighted by molar-refractivity contribution is 0.0805. The molecule has 1 aliphatic carbocycles. The van der Waals surface area contributed by atoms with E-state index in [4.69, 9.17) is 21.3 Å². The third-order valence-electron chi connectivity index (χ3n) is 10.2. The maximum atomic E-state index is 13.7. The Balaban J connectivity index is 0.961. The standard InChI is InChI=1S/C39H42ClN5O4S/c40-35-25-41-38(43-37(35)34-26-45(36-17-8-7-16-33(34)36)50(47,48)32-14-5-2-6-15-32)42-31-13-9-12-29(24-31)19-18-28-20-22-44(23-21-28)39(46)49-27-30-10-3-1-4-11-30/h1-8,10-11,14-17,25-26,28-29,31H,9,12-13,18-24,27H2,(H,41,42,43)/t29-,31?/m1/s1. The SMILES string of the molecule is O=C(OCc1ccccc1)N1CCC(CC[C@H]2CCCC(Nc3ncc(Cl)c(-c4cn(S(=O)(=O)c5ccccc5)c5ccccc45)n3)C2)CC1. The molecule has 3 heterocycles. The number of amides is 1. The van der Waals surface area contributed by atoms with Crippen LogP contribution in [0.5, 0.6) is 0 Å². The van der Waals surface area contributed by atoms with E-state index in [0.29, 0.717) is 46.2 Å². The molecule has 0 spiro atoms. The van der Waals surface area contributed by atoms with Gasteiger partial charge in [0.2, 0.25) is 5.95 Å². The van der Waals surface area contributed by atoms with Crippen LogP contribution in [-0.2, 0) is 21.4 Å². The molecule has 1 N–H and O–H groups in total. The molecular formula is C39H42ClN5O4S. The second-order valence-electron chi connectivity index (χ2n) is 13.5. The lowest BCUT2D eigenvalue weighted by Gasteiger charge is -2.34. The maximum absolute atomic E-state index is 13.7. The number of ether oxygens (including phenoxy) is 1. The fraction of sp³-hybridized carbons (Fsp3) is 0.359. The smallest absolute Gasteiger partial charge is 0.410 e. The molecule has 0 bridgehead atoms. The van der Waals surface area contributed by atoms with Gasteiger partial charge in [-0.05, 0) is 61.3 Å². The quantitative estimate of drug-likeness (QED) is 0.154. The van der Waals surface area contributed by atoms with Gasteiger partial charge in [0.15, 0.2) is 0 Å². The van der Waals surface area contributed by atoms with Crippen molar-refractivity contribution >= 4 is 44.6 Å². The van der Waals surface area contributed by atoms with Gasteiger partial charge in [0, 0.05) is 36.3 Å². The number of halogens is 1. The molecule has 50 heavy (non-hydrogen) atoms. The van der Waals surface area contributed by atoms with E-state index in [9.17, 15) is 13.2 Å².